The highest BCUT2D eigenvalue weighted by Gasteiger charge is 2.35. The number of rotatable bonds is 1. The van der Waals surface area contributed by atoms with Gasteiger partial charge in [-0.05, 0) is 67.6 Å². The minimum absolute atomic E-state index is 1.17. The second-order valence-electron chi connectivity index (χ2n) is 9.36. The number of benzene rings is 6. The van der Waals surface area contributed by atoms with Crippen LogP contribution in [-0.2, 0) is 0 Å². The van der Waals surface area contributed by atoms with Gasteiger partial charge in [-0.3, -0.25) is 0 Å². The summed E-state index contributed by atoms with van der Waals surface area (Å²) < 4.78 is 0. The Kier molecular flexibility index (Phi) is 3.87. The van der Waals surface area contributed by atoms with E-state index >= 15 is 0 Å². The molecule has 1 heterocycles. The predicted molar refractivity (Wildman–Crippen MR) is 146 cm³/mol. The lowest BCUT2D eigenvalue weighted by molar-refractivity contribution is 1.46. The van der Waals surface area contributed by atoms with Crippen molar-refractivity contribution in [2.75, 3.05) is 12.5 Å². The van der Waals surface area contributed by atoms with Gasteiger partial charge < -0.3 is 0 Å². The molecule has 1 aliphatic rings. The zero-order valence-corrected chi connectivity index (χ0v) is 19.6. The molecule has 0 atom stereocenters. The smallest absolute Gasteiger partial charge is 0.0101 e. The zero-order chi connectivity index (χ0) is 22.2. The first-order valence-corrected chi connectivity index (χ1v) is 13.9. The van der Waals surface area contributed by atoms with Gasteiger partial charge in [-0.25, -0.2) is 0 Å². The summed E-state index contributed by atoms with van der Waals surface area (Å²) in [6, 6.07) is 40.5. The molecule has 33 heavy (non-hydrogen) atoms. The lowest BCUT2D eigenvalue weighted by Gasteiger charge is -2.30. The molecule has 7 rings (SSSR count). The van der Waals surface area contributed by atoms with Gasteiger partial charge in [-0.1, -0.05) is 103 Å². The van der Waals surface area contributed by atoms with Crippen LogP contribution >= 0.6 is 10.0 Å². The molecule has 0 radical (unpaired) electrons. The maximum atomic E-state index is 2.48. The van der Waals surface area contributed by atoms with Crippen molar-refractivity contribution < 1.29 is 0 Å². The SMILES string of the molecule is CS1(C)c2cc(-c3cccc4ccccc34)ccc2-c2c1c1ccccc1c1ccccc21. The summed E-state index contributed by atoms with van der Waals surface area (Å²) in [4.78, 5) is 3.05. The zero-order valence-electron chi connectivity index (χ0n) is 18.8. The van der Waals surface area contributed by atoms with Crippen LogP contribution in [0.5, 0.6) is 0 Å². The predicted octanol–water partition coefficient (Wildman–Crippen LogP) is 9.28. The summed E-state index contributed by atoms with van der Waals surface area (Å²) in [7, 11) is -1.17. The van der Waals surface area contributed by atoms with E-state index in [0.717, 1.165) is 0 Å². The first-order valence-electron chi connectivity index (χ1n) is 11.4. The van der Waals surface area contributed by atoms with Crippen molar-refractivity contribution in [3.63, 3.8) is 0 Å². The third kappa shape index (κ3) is 2.54. The van der Waals surface area contributed by atoms with Gasteiger partial charge in [-0.2, -0.15) is 10.0 Å². The molecule has 0 unspecified atom stereocenters. The molecule has 0 aromatic heterocycles. The van der Waals surface area contributed by atoms with Crippen molar-refractivity contribution >= 4 is 42.3 Å². The van der Waals surface area contributed by atoms with Crippen molar-refractivity contribution in [3.05, 3.63) is 109 Å². The molecule has 1 aliphatic heterocycles. The van der Waals surface area contributed by atoms with E-state index in [4.69, 9.17) is 0 Å². The first kappa shape index (κ1) is 19.0. The van der Waals surface area contributed by atoms with E-state index in [1.807, 2.05) is 0 Å². The van der Waals surface area contributed by atoms with Gasteiger partial charge in [0, 0.05) is 15.4 Å². The monoisotopic (exact) mass is 440 g/mol. The molecule has 0 saturated carbocycles. The molecule has 6 aromatic rings. The first-order chi connectivity index (χ1) is 16.1. The molecule has 1 heteroatoms. The van der Waals surface area contributed by atoms with Gasteiger partial charge in [-0.15, -0.1) is 0 Å². The van der Waals surface area contributed by atoms with Gasteiger partial charge in [0.15, 0.2) is 0 Å². The van der Waals surface area contributed by atoms with E-state index < -0.39 is 10.0 Å². The van der Waals surface area contributed by atoms with Crippen LogP contribution in [-0.4, -0.2) is 12.5 Å². The summed E-state index contributed by atoms with van der Waals surface area (Å²) in [6.45, 7) is 0. The maximum Gasteiger partial charge on any atom is 0.0101 e. The summed E-state index contributed by atoms with van der Waals surface area (Å²) >= 11 is 0. The fraction of sp³-hybridized carbons (Fsp3) is 0.0625. The fourth-order valence-corrected chi connectivity index (χ4v) is 8.63. The number of fused-ring (bicyclic) bond motifs is 9. The molecule has 6 aromatic carbocycles. The molecule has 0 spiro atoms. The lowest BCUT2D eigenvalue weighted by Crippen LogP contribution is -1.95. The number of hydrogen-bond donors (Lipinski definition) is 0. The molecule has 0 saturated heterocycles. The highest BCUT2D eigenvalue weighted by atomic mass is 32.3. The highest BCUT2D eigenvalue weighted by Crippen LogP contribution is 2.70. The summed E-state index contributed by atoms with van der Waals surface area (Å²) in [5.41, 5.74) is 5.49. The van der Waals surface area contributed by atoms with Gasteiger partial charge in [0.05, 0.1) is 0 Å². The van der Waals surface area contributed by atoms with E-state index in [1.54, 1.807) is 4.90 Å². The fourth-order valence-electron chi connectivity index (χ4n) is 5.81. The Morgan fingerprint density at radius 1 is 0.485 bits per heavy atom. The summed E-state index contributed by atoms with van der Waals surface area (Å²) in [5.74, 6) is 0. The largest absolute Gasteiger partial charge is 0.192 e. The van der Waals surface area contributed by atoms with E-state index in [0.29, 0.717) is 0 Å². The Balaban J connectivity index is 1.57. The third-order valence-electron chi connectivity index (χ3n) is 7.30. The van der Waals surface area contributed by atoms with Crippen LogP contribution in [0.2, 0.25) is 0 Å². The minimum atomic E-state index is -1.17. The molecule has 0 aliphatic carbocycles. The van der Waals surface area contributed by atoms with Crippen LogP contribution in [0.1, 0.15) is 0 Å². The van der Waals surface area contributed by atoms with Gasteiger partial charge in [0.1, 0.15) is 0 Å². The van der Waals surface area contributed by atoms with Crippen LogP contribution in [0.3, 0.4) is 0 Å². The van der Waals surface area contributed by atoms with Crippen molar-refractivity contribution in [3.8, 4) is 22.3 Å². The molecule has 158 valence electrons. The van der Waals surface area contributed by atoms with Crippen molar-refractivity contribution in [1.82, 2.24) is 0 Å². The Morgan fingerprint density at radius 3 is 1.88 bits per heavy atom. The van der Waals surface area contributed by atoms with Crippen molar-refractivity contribution in [2.24, 2.45) is 0 Å². The topological polar surface area (TPSA) is 0 Å². The van der Waals surface area contributed by atoms with E-state index in [9.17, 15) is 0 Å². The third-order valence-corrected chi connectivity index (χ3v) is 10.2. The van der Waals surface area contributed by atoms with Crippen molar-refractivity contribution in [2.45, 2.75) is 9.79 Å². The van der Waals surface area contributed by atoms with Crippen LogP contribution in [0.25, 0.3) is 54.6 Å². The average molecular weight is 441 g/mol. The number of hydrogen-bond acceptors (Lipinski definition) is 0. The summed E-state index contributed by atoms with van der Waals surface area (Å²) in [6.07, 6.45) is 4.96. The van der Waals surface area contributed by atoms with E-state index in [2.05, 4.69) is 122 Å². The van der Waals surface area contributed by atoms with E-state index in [-0.39, 0.29) is 0 Å². The van der Waals surface area contributed by atoms with Gasteiger partial charge >= 0.3 is 0 Å². The Labute approximate surface area is 195 Å². The Hall–Kier alpha value is -3.55. The average Bonchev–Trinajstić information content (AvgIpc) is 3.11. The lowest BCUT2D eigenvalue weighted by atomic mass is 9.92. The minimum Gasteiger partial charge on any atom is -0.192 e. The molecule has 0 bridgehead atoms. The quantitative estimate of drug-likeness (QED) is 0.223. The second-order valence-corrected chi connectivity index (χ2v) is 12.9. The standard InChI is InChI=1S/C32H24S/c1-33(2)30-20-22(24-17-9-11-21-10-3-4-12-23(21)24)18-19-29(30)31-27-15-7-5-13-25(27)26-14-6-8-16-28(26)32(31)33/h3-20H,1-2H3. The molecule has 0 amide bonds. The van der Waals surface area contributed by atoms with Crippen LogP contribution in [0, 0.1) is 0 Å². The molecule has 0 N–H and O–H groups in total. The van der Waals surface area contributed by atoms with Crippen LogP contribution < -0.4 is 0 Å². The summed E-state index contributed by atoms with van der Waals surface area (Å²) in [5, 5.41) is 8.13. The second kappa shape index (κ2) is 6.73. The normalized spacial score (nSPS) is 15.0. The molecular formula is C32H24S. The Morgan fingerprint density at radius 2 is 1.09 bits per heavy atom. The molecular weight excluding hydrogens is 416 g/mol. The molecule has 0 fully saturated rings. The molecule has 0 nitrogen and oxygen atoms in total. The highest BCUT2D eigenvalue weighted by molar-refractivity contribution is 8.33. The van der Waals surface area contributed by atoms with Gasteiger partial charge in [0.2, 0.25) is 0 Å². The maximum absolute atomic E-state index is 2.48. The van der Waals surface area contributed by atoms with Crippen LogP contribution in [0.4, 0.5) is 0 Å². The van der Waals surface area contributed by atoms with Crippen molar-refractivity contribution in [1.29, 1.82) is 0 Å². The van der Waals surface area contributed by atoms with Crippen LogP contribution in [0.15, 0.2) is 119 Å². The van der Waals surface area contributed by atoms with Gasteiger partial charge in [0.25, 0.3) is 0 Å². The van der Waals surface area contributed by atoms with E-state index in [1.165, 1.54) is 59.5 Å². The Bertz CT molecular complexity index is 1730.